The largest absolute Gasteiger partial charge is 0.354 e. The van der Waals surface area contributed by atoms with Crippen LogP contribution in [0, 0.1) is 42.4 Å². The Morgan fingerprint density at radius 2 is 2.06 bits per heavy atom. The fourth-order valence-electron chi connectivity index (χ4n) is 1.89. The van der Waals surface area contributed by atoms with Crippen LogP contribution in [0.4, 0.5) is 5.82 Å². The van der Waals surface area contributed by atoms with Crippen LogP contribution in [0.2, 0.25) is 0 Å². The molecule has 1 aromatic rings. The summed E-state index contributed by atoms with van der Waals surface area (Å²) in [6.45, 7) is 5.25. The molecule has 0 unspecified atom stereocenters. The maximum atomic E-state index is 8.93. The molecule has 80 valence electrons. The minimum absolute atomic E-state index is 0.123. The van der Waals surface area contributed by atoms with E-state index in [-0.39, 0.29) is 5.92 Å². The Bertz CT molecular complexity index is 478. The minimum Gasteiger partial charge on any atom is -0.354 e. The molecular formula is C12H12N4. The first-order valence-corrected chi connectivity index (χ1v) is 5.18. The molecule has 1 aliphatic rings. The molecule has 1 aromatic heterocycles. The lowest BCUT2D eigenvalue weighted by atomic mass is 10.0. The smallest absolute Gasteiger partial charge is 0.129 e. The highest BCUT2D eigenvalue weighted by Gasteiger charge is 2.27. The van der Waals surface area contributed by atoms with E-state index in [1.54, 1.807) is 0 Å². The summed E-state index contributed by atoms with van der Waals surface area (Å²) in [7, 11) is 0. The van der Waals surface area contributed by atoms with Gasteiger partial charge in [0, 0.05) is 13.1 Å². The predicted molar refractivity (Wildman–Crippen MR) is 59.7 cm³/mol. The van der Waals surface area contributed by atoms with E-state index in [4.69, 9.17) is 10.5 Å². The topological polar surface area (TPSA) is 63.7 Å². The Labute approximate surface area is 94.7 Å². The average molecular weight is 212 g/mol. The molecule has 0 atom stereocenters. The predicted octanol–water partition coefficient (Wildman–Crippen LogP) is 1.53. The number of pyridine rings is 1. The van der Waals surface area contributed by atoms with Crippen LogP contribution in [0.1, 0.15) is 16.8 Å². The molecule has 0 aliphatic carbocycles. The highest BCUT2D eigenvalue weighted by Crippen LogP contribution is 2.25. The second kappa shape index (κ2) is 3.83. The molecule has 16 heavy (non-hydrogen) atoms. The maximum absolute atomic E-state index is 8.93. The van der Waals surface area contributed by atoms with Crippen LogP contribution in [-0.2, 0) is 0 Å². The summed E-state index contributed by atoms with van der Waals surface area (Å²) >= 11 is 0. The second-order valence-corrected chi connectivity index (χ2v) is 4.10. The van der Waals surface area contributed by atoms with Crippen molar-refractivity contribution in [3.63, 3.8) is 0 Å². The number of aryl methyl sites for hydroxylation is 2. The molecule has 4 heteroatoms. The van der Waals surface area contributed by atoms with Crippen LogP contribution in [0.25, 0.3) is 0 Å². The number of hydrogen-bond acceptors (Lipinski definition) is 4. The van der Waals surface area contributed by atoms with E-state index in [0.29, 0.717) is 5.56 Å². The van der Waals surface area contributed by atoms with Crippen molar-refractivity contribution < 1.29 is 0 Å². The summed E-state index contributed by atoms with van der Waals surface area (Å²) in [5.41, 5.74) is 2.37. The molecular weight excluding hydrogens is 200 g/mol. The Morgan fingerprint density at radius 1 is 1.38 bits per heavy atom. The first-order chi connectivity index (χ1) is 7.65. The second-order valence-electron chi connectivity index (χ2n) is 4.10. The molecule has 0 saturated carbocycles. The van der Waals surface area contributed by atoms with E-state index in [2.05, 4.69) is 22.0 Å². The van der Waals surface area contributed by atoms with Crippen molar-refractivity contribution in [1.82, 2.24) is 4.98 Å². The van der Waals surface area contributed by atoms with Crippen LogP contribution < -0.4 is 4.90 Å². The van der Waals surface area contributed by atoms with Crippen LogP contribution >= 0.6 is 0 Å². The lowest BCUT2D eigenvalue weighted by Gasteiger charge is -2.36. The third kappa shape index (κ3) is 1.59. The fourth-order valence-corrected chi connectivity index (χ4v) is 1.89. The normalized spacial score (nSPS) is 15.1. The summed E-state index contributed by atoms with van der Waals surface area (Å²) in [6.07, 6.45) is 0. The van der Waals surface area contributed by atoms with Crippen molar-refractivity contribution in [2.75, 3.05) is 18.0 Å². The van der Waals surface area contributed by atoms with Gasteiger partial charge in [0.2, 0.25) is 0 Å². The molecule has 0 N–H and O–H groups in total. The van der Waals surface area contributed by atoms with Gasteiger partial charge in [-0.25, -0.2) is 4.98 Å². The number of nitriles is 2. The molecule has 0 radical (unpaired) electrons. The summed E-state index contributed by atoms with van der Waals surface area (Å²) in [4.78, 5) is 6.45. The van der Waals surface area contributed by atoms with Gasteiger partial charge >= 0.3 is 0 Å². The van der Waals surface area contributed by atoms with Crippen molar-refractivity contribution in [2.45, 2.75) is 13.8 Å². The molecule has 0 bridgehead atoms. The van der Waals surface area contributed by atoms with Crippen LogP contribution in [0.5, 0.6) is 0 Å². The van der Waals surface area contributed by atoms with Crippen molar-refractivity contribution >= 4 is 5.82 Å². The van der Waals surface area contributed by atoms with Crippen molar-refractivity contribution in [3.05, 3.63) is 22.9 Å². The van der Waals surface area contributed by atoms with Gasteiger partial charge in [0.1, 0.15) is 11.9 Å². The van der Waals surface area contributed by atoms with Crippen LogP contribution in [0.3, 0.4) is 0 Å². The van der Waals surface area contributed by atoms with Crippen LogP contribution in [0.15, 0.2) is 6.07 Å². The number of aromatic nitrogens is 1. The zero-order chi connectivity index (χ0) is 11.7. The summed E-state index contributed by atoms with van der Waals surface area (Å²) in [6, 6.07) is 6.30. The maximum Gasteiger partial charge on any atom is 0.129 e. The zero-order valence-electron chi connectivity index (χ0n) is 9.36. The number of anilines is 1. The highest BCUT2D eigenvalue weighted by molar-refractivity contribution is 5.51. The summed E-state index contributed by atoms with van der Waals surface area (Å²) < 4.78 is 0. The molecule has 0 aromatic carbocycles. The average Bonchev–Trinajstić information content (AvgIpc) is 2.15. The Hall–Kier alpha value is -2.07. The quantitative estimate of drug-likeness (QED) is 0.708. The van der Waals surface area contributed by atoms with Crippen LogP contribution in [-0.4, -0.2) is 18.1 Å². The first kappa shape index (κ1) is 10.4. The zero-order valence-corrected chi connectivity index (χ0v) is 9.36. The molecule has 4 nitrogen and oxygen atoms in total. The van der Waals surface area contributed by atoms with Gasteiger partial charge in [0.25, 0.3) is 0 Å². The summed E-state index contributed by atoms with van der Waals surface area (Å²) in [5, 5.41) is 17.6. The SMILES string of the molecule is Cc1cc(N2CC(C#N)C2)nc(C)c1C#N. The van der Waals surface area contributed by atoms with E-state index in [9.17, 15) is 0 Å². The molecule has 2 rings (SSSR count). The fraction of sp³-hybridized carbons (Fsp3) is 0.417. The lowest BCUT2D eigenvalue weighted by molar-refractivity contribution is 0.499. The van der Waals surface area contributed by atoms with Gasteiger partial charge in [-0.1, -0.05) is 0 Å². The Kier molecular flexibility index (Phi) is 2.50. The number of nitrogens with zero attached hydrogens (tertiary/aromatic N) is 4. The van der Waals surface area contributed by atoms with E-state index >= 15 is 0 Å². The number of hydrogen-bond donors (Lipinski definition) is 0. The molecule has 1 saturated heterocycles. The van der Waals surface area contributed by atoms with Gasteiger partial charge in [-0.15, -0.1) is 0 Å². The van der Waals surface area contributed by atoms with Gasteiger partial charge < -0.3 is 4.90 Å². The molecule has 1 fully saturated rings. The van der Waals surface area contributed by atoms with E-state index in [1.165, 1.54) is 0 Å². The Balaban J connectivity index is 2.26. The monoisotopic (exact) mass is 212 g/mol. The van der Waals surface area contributed by atoms with E-state index in [1.807, 2.05) is 19.9 Å². The molecule has 0 amide bonds. The minimum atomic E-state index is 0.123. The van der Waals surface area contributed by atoms with Gasteiger partial charge in [-0.3, -0.25) is 0 Å². The van der Waals surface area contributed by atoms with E-state index < -0.39 is 0 Å². The third-order valence-corrected chi connectivity index (χ3v) is 2.88. The molecule has 0 spiro atoms. The number of rotatable bonds is 1. The Morgan fingerprint density at radius 3 is 2.56 bits per heavy atom. The highest BCUT2D eigenvalue weighted by atomic mass is 15.2. The van der Waals surface area contributed by atoms with Gasteiger partial charge in [0.15, 0.2) is 0 Å². The lowest BCUT2D eigenvalue weighted by Crippen LogP contribution is -2.46. The first-order valence-electron chi connectivity index (χ1n) is 5.18. The summed E-state index contributed by atoms with van der Waals surface area (Å²) in [5.74, 6) is 0.999. The standard InChI is InChI=1S/C12H12N4/c1-8-3-12(15-9(2)11(8)5-14)16-6-10(4-13)7-16/h3,10H,6-7H2,1-2H3. The van der Waals surface area contributed by atoms with Crippen molar-refractivity contribution in [1.29, 1.82) is 10.5 Å². The molecule has 1 aliphatic heterocycles. The van der Waals surface area contributed by atoms with E-state index in [0.717, 1.165) is 30.2 Å². The third-order valence-electron chi connectivity index (χ3n) is 2.88. The van der Waals surface area contributed by atoms with Crippen molar-refractivity contribution in [2.24, 2.45) is 5.92 Å². The van der Waals surface area contributed by atoms with Gasteiger partial charge in [-0.2, -0.15) is 10.5 Å². The molecule has 2 heterocycles. The van der Waals surface area contributed by atoms with Gasteiger partial charge in [-0.05, 0) is 25.5 Å². The van der Waals surface area contributed by atoms with Crippen molar-refractivity contribution in [3.8, 4) is 12.1 Å². The van der Waals surface area contributed by atoms with Gasteiger partial charge in [0.05, 0.1) is 23.2 Å².